The molecule has 1 aromatic carbocycles. The van der Waals surface area contributed by atoms with Crippen LogP contribution in [-0.2, 0) is 14.3 Å². The summed E-state index contributed by atoms with van der Waals surface area (Å²) in [4.78, 5) is 15.5. The van der Waals surface area contributed by atoms with E-state index in [0.29, 0.717) is 25.9 Å². The molecule has 0 bridgehead atoms. The van der Waals surface area contributed by atoms with Crippen molar-refractivity contribution in [2.75, 3.05) is 43.2 Å². The van der Waals surface area contributed by atoms with Gasteiger partial charge in [-0.2, -0.15) is 0 Å². The van der Waals surface area contributed by atoms with E-state index in [0.717, 1.165) is 60.6 Å². The second kappa shape index (κ2) is 7.90. The van der Waals surface area contributed by atoms with Gasteiger partial charge < -0.3 is 25.0 Å². The summed E-state index contributed by atoms with van der Waals surface area (Å²) < 4.78 is 11.2. The topological polar surface area (TPSA) is 62.8 Å². The van der Waals surface area contributed by atoms with Crippen molar-refractivity contribution in [1.82, 2.24) is 5.32 Å². The van der Waals surface area contributed by atoms with E-state index in [-0.39, 0.29) is 11.9 Å². The minimum Gasteiger partial charge on any atom is -0.386 e. The molecular weight excluding hydrogens is 342 g/mol. The van der Waals surface area contributed by atoms with Gasteiger partial charge in [0.15, 0.2) is 0 Å². The maximum absolute atomic E-state index is 13.5. The number of hydrogen-bond acceptors (Lipinski definition) is 5. The van der Waals surface area contributed by atoms with Gasteiger partial charge in [-0.15, -0.1) is 0 Å². The predicted molar refractivity (Wildman–Crippen MR) is 107 cm³/mol. The summed E-state index contributed by atoms with van der Waals surface area (Å²) in [5.74, 6) is 0.0894. The number of fused-ring (bicyclic) bond motifs is 1. The van der Waals surface area contributed by atoms with Crippen molar-refractivity contribution >= 4 is 22.9 Å². The zero-order chi connectivity index (χ0) is 18.8. The van der Waals surface area contributed by atoms with Gasteiger partial charge in [-0.1, -0.05) is 0 Å². The molecule has 0 aliphatic carbocycles. The van der Waals surface area contributed by atoms with Gasteiger partial charge in [0.25, 0.3) is 5.91 Å². The van der Waals surface area contributed by atoms with E-state index in [1.165, 1.54) is 0 Å². The lowest BCUT2D eigenvalue weighted by Gasteiger charge is -2.31. The molecule has 0 saturated carbocycles. The molecule has 2 saturated heterocycles. The zero-order valence-electron chi connectivity index (χ0n) is 16.2. The highest BCUT2D eigenvalue weighted by atomic mass is 16.5. The summed E-state index contributed by atoms with van der Waals surface area (Å²) in [6.07, 6.45) is 2.71. The molecule has 0 spiro atoms. The predicted octanol–water partition coefficient (Wildman–Crippen LogP) is 2.75. The number of carbonyl (C=O) groups is 1. The highest BCUT2D eigenvalue weighted by Gasteiger charge is 2.39. The molecule has 0 radical (unpaired) electrons. The third kappa shape index (κ3) is 3.69. The Kier molecular flexibility index (Phi) is 5.36. The fourth-order valence-electron chi connectivity index (χ4n) is 4.11. The molecule has 6 heteroatoms. The molecule has 0 unspecified atom stereocenters. The Labute approximate surface area is 160 Å². The Morgan fingerprint density at radius 1 is 1.19 bits per heavy atom. The first-order valence-electron chi connectivity index (χ1n) is 10.0. The van der Waals surface area contributed by atoms with Gasteiger partial charge in [0.1, 0.15) is 0 Å². The summed E-state index contributed by atoms with van der Waals surface area (Å²) in [6, 6.07) is 6.80. The van der Waals surface area contributed by atoms with E-state index >= 15 is 0 Å². The van der Waals surface area contributed by atoms with Crippen molar-refractivity contribution in [3.8, 4) is 0 Å². The SMILES string of the molecule is CC(C)Nc1ccc2c(c1)/C(=C1\COCCCN1)C(=O)N2C1CCOCC1. The van der Waals surface area contributed by atoms with Gasteiger partial charge in [-0.3, -0.25) is 4.79 Å². The quantitative estimate of drug-likeness (QED) is 0.800. The summed E-state index contributed by atoms with van der Waals surface area (Å²) in [5, 5.41) is 6.90. The molecule has 2 fully saturated rings. The highest BCUT2D eigenvalue weighted by molar-refractivity contribution is 6.33. The van der Waals surface area contributed by atoms with Crippen molar-refractivity contribution in [3.05, 3.63) is 29.5 Å². The molecule has 0 atom stereocenters. The number of benzene rings is 1. The van der Waals surface area contributed by atoms with E-state index in [9.17, 15) is 4.79 Å². The third-order valence-electron chi connectivity index (χ3n) is 5.32. The smallest absolute Gasteiger partial charge is 0.261 e. The Bertz CT molecular complexity index is 728. The second-order valence-corrected chi connectivity index (χ2v) is 7.74. The van der Waals surface area contributed by atoms with Gasteiger partial charge >= 0.3 is 0 Å². The molecule has 6 nitrogen and oxygen atoms in total. The number of nitrogens with zero attached hydrogens (tertiary/aromatic N) is 1. The molecular formula is C21H29N3O3. The second-order valence-electron chi connectivity index (χ2n) is 7.74. The lowest BCUT2D eigenvalue weighted by molar-refractivity contribution is -0.113. The minimum absolute atomic E-state index is 0.0894. The molecule has 1 aromatic rings. The van der Waals surface area contributed by atoms with Crippen LogP contribution in [0.4, 0.5) is 11.4 Å². The van der Waals surface area contributed by atoms with Gasteiger partial charge in [-0.05, 0) is 51.3 Å². The number of hydrogen-bond donors (Lipinski definition) is 2. The van der Waals surface area contributed by atoms with Crippen LogP contribution in [0.3, 0.4) is 0 Å². The van der Waals surface area contributed by atoms with Crippen molar-refractivity contribution in [2.45, 2.75) is 45.2 Å². The highest BCUT2D eigenvalue weighted by Crippen LogP contribution is 2.42. The maximum Gasteiger partial charge on any atom is 0.261 e. The number of anilines is 2. The molecule has 3 aliphatic heterocycles. The van der Waals surface area contributed by atoms with Crippen LogP contribution in [0.5, 0.6) is 0 Å². The van der Waals surface area contributed by atoms with Gasteiger partial charge in [0, 0.05) is 49.7 Å². The van der Waals surface area contributed by atoms with E-state index in [4.69, 9.17) is 9.47 Å². The first-order chi connectivity index (χ1) is 13.1. The van der Waals surface area contributed by atoms with Crippen LogP contribution < -0.4 is 15.5 Å². The van der Waals surface area contributed by atoms with Crippen LogP contribution in [-0.4, -0.2) is 51.0 Å². The first kappa shape index (κ1) is 18.3. The average molecular weight is 371 g/mol. The number of carbonyl (C=O) groups excluding carboxylic acids is 1. The molecule has 3 aliphatic rings. The van der Waals surface area contributed by atoms with E-state index in [2.05, 4.69) is 42.7 Å². The van der Waals surface area contributed by atoms with Crippen LogP contribution in [0.1, 0.15) is 38.7 Å². The van der Waals surface area contributed by atoms with Crippen molar-refractivity contribution in [1.29, 1.82) is 0 Å². The summed E-state index contributed by atoms with van der Waals surface area (Å²) in [7, 11) is 0. The standard InChI is InChI=1S/C21H29N3O3/c1-14(2)23-15-4-5-19-17(12-15)20(18-13-27-9-3-8-22-18)21(25)24(19)16-6-10-26-11-7-16/h4-5,12,14,16,22-23H,3,6-11,13H2,1-2H3/b20-18-. The fraction of sp³-hybridized carbons (Fsp3) is 0.571. The monoisotopic (exact) mass is 371 g/mol. The van der Waals surface area contributed by atoms with Gasteiger partial charge in [-0.25, -0.2) is 0 Å². The van der Waals surface area contributed by atoms with Gasteiger partial charge in [0.05, 0.1) is 23.6 Å². The molecule has 3 heterocycles. The number of ether oxygens (including phenoxy) is 2. The third-order valence-corrected chi connectivity index (χ3v) is 5.32. The Balaban J connectivity index is 1.78. The fourth-order valence-corrected chi connectivity index (χ4v) is 4.11. The average Bonchev–Trinajstić information content (AvgIpc) is 2.80. The summed E-state index contributed by atoms with van der Waals surface area (Å²) >= 11 is 0. The number of rotatable bonds is 3. The van der Waals surface area contributed by atoms with Crippen molar-refractivity contribution in [2.24, 2.45) is 0 Å². The van der Waals surface area contributed by atoms with Gasteiger partial charge in [0.2, 0.25) is 0 Å². The number of nitrogens with one attached hydrogen (secondary N) is 2. The number of amides is 1. The molecule has 1 amide bonds. The molecule has 146 valence electrons. The Morgan fingerprint density at radius 3 is 2.78 bits per heavy atom. The van der Waals surface area contributed by atoms with Crippen LogP contribution in [0.25, 0.3) is 5.57 Å². The lowest BCUT2D eigenvalue weighted by atomic mass is 10.0. The molecule has 4 rings (SSSR count). The Hall–Kier alpha value is -2.05. The van der Waals surface area contributed by atoms with Crippen molar-refractivity contribution in [3.63, 3.8) is 0 Å². The van der Waals surface area contributed by atoms with E-state index in [1.807, 2.05) is 4.90 Å². The molecule has 2 N–H and O–H groups in total. The Morgan fingerprint density at radius 2 is 2.00 bits per heavy atom. The van der Waals surface area contributed by atoms with Crippen LogP contribution in [0, 0.1) is 0 Å². The zero-order valence-corrected chi connectivity index (χ0v) is 16.2. The van der Waals surface area contributed by atoms with Crippen molar-refractivity contribution < 1.29 is 14.3 Å². The summed E-state index contributed by atoms with van der Waals surface area (Å²) in [5.41, 5.74) is 4.73. The molecule has 0 aromatic heterocycles. The van der Waals surface area contributed by atoms with E-state index in [1.54, 1.807) is 0 Å². The van der Waals surface area contributed by atoms with Crippen LogP contribution in [0.2, 0.25) is 0 Å². The normalized spacial score (nSPS) is 24.0. The lowest BCUT2D eigenvalue weighted by Crippen LogP contribution is -2.41. The maximum atomic E-state index is 13.5. The summed E-state index contributed by atoms with van der Waals surface area (Å²) in [6.45, 7) is 7.68. The first-order valence-corrected chi connectivity index (χ1v) is 10.0. The molecule has 27 heavy (non-hydrogen) atoms. The van der Waals surface area contributed by atoms with Crippen LogP contribution >= 0.6 is 0 Å². The minimum atomic E-state index is 0.0894. The van der Waals surface area contributed by atoms with E-state index < -0.39 is 0 Å². The largest absolute Gasteiger partial charge is 0.386 e. The van der Waals surface area contributed by atoms with Crippen LogP contribution in [0.15, 0.2) is 23.9 Å².